The maximum atomic E-state index is 13.7. The van der Waals surface area contributed by atoms with Crippen LogP contribution >= 0.6 is 0 Å². The van der Waals surface area contributed by atoms with Gasteiger partial charge < -0.3 is 10.7 Å². The lowest BCUT2D eigenvalue weighted by Crippen LogP contribution is -2.39. The molecule has 2 N–H and O–H groups in total. The van der Waals surface area contributed by atoms with Gasteiger partial charge in [0, 0.05) is 12.6 Å². The van der Waals surface area contributed by atoms with Crippen LogP contribution in [0.1, 0.15) is 59.4 Å². The van der Waals surface area contributed by atoms with Crippen LogP contribution in [0.25, 0.3) is 0 Å². The third kappa shape index (κ3) is 3.89. The number of aromatic nitrogens is 1. The predicted molar refractivity (Wildman–Crippen MR) is 104 cm³/mol. The fraction of sp³-hybridized carbons (Fsp3) is 0.429. The largest absolute Gasteiger partial charge is 0.345 e. The first-order chi connectivity index (χ1) is 12.9. The molecule has 0 spiro atoms. The van der Waals surface area contributed by atoms with Crippen molar-refractivity contribution in [3.05, 3.63) is 68.9 Å². The highest BCUT2D eigenvalue weighted by Crippen LogP contribution is 2.38. The van der Waals surface area contributed by atoms with Crippen LogP contribution in [0.2, 0.25) is 0 Å². The molecule has 1 fully saturated rings. The predicted octanol–water partition coefficient (Wildman–Crippen LogP) is 3.44. The van der Waals surface area contributed by atoms with Crippen LogP contribution in [0, 0.1) is 25.6 Å². The Labute approximate surface area is 158 Å². The lowest BCUT2D eigenvalue weighted by molar-refractivity contribution is 0.0898. The van der Waals surface area contributed by atoms with Gasteiger partial charge in [-0.2, -0.15) is 0 Å². The van der Waals surface area contributed by atoms with Crippen LogP contribution < -0.4 is 16.3 Å². The molecule has 5 nitrogen and oxygen atoms in total. The number of hydrogen-bond donors (Lipinski definition) is 2. The van der Waals surface area contributed by atoms with Crippen molar-refractivity contribution >= 4 is 5.91 Å². The van der Waals surface area contributed by atoms with Crippen LogP contribution in [0.5, 0.6) is 0 Å². The Balaban J connectivity index is 1.95. The highest BCUT2D eigenvalue weighted by molar-refractivity contribution is 5.97. The van der Waals surface area contributed by atoms with Crippen LogP contribution in [0.15, 0.2) is 35.1 Å². The second-order valence-corrected chi connectivity index (χ2v) is 7.17. The van der Waals surface area contributed by atoms with Crippen molar-refractivity contribution in [3.8, 4) is 0 Å². The van der Waals surface area contributed by atoms with Crippen LogP contribution in [0.3, 0.4) is 0 Å². The molecule has 0 unspecified atom stereocenters. The summed E-state index contributed by atoms with van der Waals surface area (Å²) in [7, 11) is 0. The highest BCUT2D eigenvalue weighted by Gasteiger charge is 2.31. The van der Waals surface area contributed by atoms with Gasteiger partial charge in [-0.05, 0) is 62.8 Å². The molecule has 1 amide bonds. The van der Waals surface area contributed by atoms with E-state index in [1.165, 1.54) is 22.9 Å². The Morgan fingerprint density at radius 2 is 2.04 bits per heavy atom. The Kier molecular flexibility index (Phi) is 5.63. The molecule has 6 heteroatoms. The van der Waals surface area contributed by atoms with Crippen molar-refractivity contribution in [2.24, 2.45) is 5.92 Å². The quantitative estimate of drug-likeness (QED) is 0.818. The van der Waals surface area contributed by atoms with Gasteiger partial charge in [0.1, 0.15) is 5.82 Å². The van der Waals surface area contributed by atoms with Crippen LogP contribution in [-0.4, -0.2) is 17.1 Å². The number of pyridine rings is 1. The summed E-state index contributed by atoms with van der Waals surface area (Å²) >= 11 is 0. The Morgan fingerprint density at radius 3 is 2.63 bits per heavy atom. The smallest absolute Gasteiger partial charge is 0.269 e. The van der Waals surface area contributed by atoms with Crippen molar-refractivity contribution in [1.29, 1.82) is 0 Å². The molecular weight excluding hydrogens is 345 g/mol. The molecule has 1 atom stereocenters. The number of carbonyl (C=O) groups is 1. The molecule has 1 aromatic heterocycles. The summed E-state index contributed by atoms with van der Waals surface area (Å²) in [6, 6.07) is 7.65. The van der Waals surface area contributed by atoms with Gasteiger partial charge in [-0.1, -0.05) is 18.6 Å². The zero-order valence-corrected chi connectivity index (χ0v) is 16.0. The van der Waals surface area contributed by atoms with Crippen LogP contribution in [0.4, 0.5) is 4.39 Å². The standard InChI is InChI=1S/C21H26FN3O2/c1-4-23-25-14(3)19(13(2)11-18(25)26)21(27)24-20(15-7-5-8-15)16-9-6-10-17(22)12-16/h6,9-12,15,20,23H,4-5,7-8H2,1-3H3,(H,24,27)/t20-/m0/s1. The van der Waals surface area contributed by atoms with E-state index >= 15 is 0 Å². The summed E-state index contributed by atoms with van der Waals surface area (Å²) < 4.78 is 15.1. The van der Waals surface area contributed by atoms with E-state index in [2.05, 4.69) is 10.7 Å². The molecule has 1 saturated carbocycles. The number of aryl methyl sites for hydroxylation is 1. The summed E-state index contributed by atoms with van der Waals surface area (Å²) in [5.74, 6) is -0.243. The van der Waals surface area contributed by atoms with E-state index in [-0.39, 0.29) is 23.3 Å². The number of nitrogens with one attached hydrogen (secondary N) is 2. The minimum absolute atomic E-state index is 0.191. The van der Waals surface area contributed by atoms with E-state index in [1.807, 2.05) is 13.0 Å². The maximum absolute atomic E-state index is 13.7. The van der Waals surface area contributed by atoms with Crippen molar-refractivity contribution in [2.75, 3.05) is 12.0 Å². The molecule has 2 aromatic rings. The fourth-order valence-corrected chi connectivity index (χ4v) is 3.74. The lowest BCUT2D eigenvalue weighted by Gasteiger charge is -2.35. The summed E-state index contributed by atoms with van der Waals surface area (Å²) in [6.07, 6.45) is 3.14. The fourth-order valence-electron chi connectivity index (χ4n) is 3.74. The number of carbonyl (C=O) groups excluding carboxylic acids is 1. The first-order valence-corrected chi connectivity index (χ1v) is 9.45. The average molecular weight is 371 g/mol. The number of halogens is 1. The van der Waals surface area contributed by atoms with Gasteiger partial charge in [0.15, 0.2) is 0 Å². The molecule has 3 rings (SSSR count). The number of rotatable bonds is 6. The molecule has 0 radical (unpaired) electrons. The number of amides is 1. The van der Waals surface area contributed by atoms with E-state index in [9.17, 15) is 14.0 Å². The third-order valence-electron chi connectivity index (χ3n) is 5.31. The van der Waals surface area contributed by atoms with Gasteiger partial charge in [-0.3, -0.25) is 9.59 Å². The van der Waals surface area contributed by atoms with E-state index < -0.39 is 0 Å². The van der Waals surface area contributed by atoms with E-state index in [1.54, 1.807) is 19.9 Å². The molecular formula is C21H26FN3O2. The molecule has 1 aromatic carbocycles. The molecule has 0 bridgehead atoms. The maximum Gasteiger partial charge on any atom is 0.269 e. The van der Waals surface area contributed by atoms with E-state index in [0.29, 0.717) is 29.3 Å². The van der Waals surface area contributed by atoms with Crippen molar-refractivity contribution < 1.29 is 9.18 Å². The van der Waals surface area contributed by atoms with Gasteiger partial charge in [0.25, 0.3) is 11.5 Å². The number of benzene rings is 1. The van der Waals surface area contributed by atoms with Gasteiger partial charge in [-0.15, -0.1) is 0 Å². The zero-order valence-electron chi connectivity index (χ0n) is 16.0. The SMILES string of the molecule is CCNn1c(C)c(C(=O)N[C@H](c2cccc(F)c2)C2CCC2)c(C)cc1=O. The van der Waals surface area contributed by atoms with Crippen molar-refractivity contribution in [1.82, 2.24) is 9.99 Å². The number of nitrogens with zero attached hydrogens (tertiary/aromatic N) is 1. The second kappa shape index (κ2) is 7.94. The first-order valence-electron chi connectivity index (χ1n) is 9.45. The lowest BCUT2D eigenvalue weighted by atomic mass is 9.77. The minimum Gasteiger partial charge on any atom is -0.345 e. The first kappa shape index (κ1) is 19.1. The highest BCUT2D eigenvalue weighted by atomic mass is 19.1. The summed E-state index contributed by atoms with van der Waals surface area (Å²) in [5, 5.41) is 3.10. The summed E-state index contributed by atoms with van der Waals surface area (Å²) in [4.78, 5) is 25.3. The Morgan fingerprint density at radius 1 is 1.30 bits per heavy atom. The monoisotopic (exact) mass is 371 g/mol. The van der Waals surface area contributed by atoms with Crippen molar-refractivity contribution in [3.63, 3.8) is 0 Å². The minimum atomic E-state index is -0.306. The molecule has 144 valence electrons. The average Bonchev–Trinajstić information content (AvgIpc) is 2.56. The molecule has 0 saturated heterocycles. The third-order valence-corrected chi connectivity index (χ3v) is 5.31. The second-order valence-electron chi connectivity index (χ2n) is 7.17. The van der Waals surface area contributed by atoms with Crippen molar-refractivity contribution in [2.45, 2.75) is 46.1 Å². The van der Waals surface area contributed by atoms with Gasteiger partial charge in [0.2, 0.25) is 0 Å². The topological polar surface area (TPSA) is 63.1 Å². The summed E-state index contributed by atoms with van der Waals surface area (Å²) in [5.41, 5.74) is 5.26. The molecule has 1 aliphatic rings. The molecule has 1 heterocycles. The van der Waals surface area contributed by atoms with Gasteiger partial charge in [-0.25, -0.2) is 9.07 Å². The van der Waals surface area contributed by atoms with E-state index in [0.717, 1.165) is 24.8 Å². The Bertz CT molecular complexity index is 903. The molecule has 0 aliphatic heterocycles. The Hall–Kier alpha value is -2.63. The zero-order chi connectivity index (χ0) is 19.6. The molecule has 1 aliphatic carbocycles. The normalized spacial score (nSPS) is 15.1. The van der Waals surface area contributed by atoms with E-state index in [4.69, 9.17) is 0 Å². The van der Waals surface area contributed by atoms with Gasteiger partial charge >= 0.3 is 0 Å². The molecule has 27 heavy (non-hydrogen) atoms. The summed E-state index contributed by atoms with van der Waals surface area (Å²) in [6.45, 7) is 5.98. The number of hydrogen-bond acceptors (Lipinski definition) is 3. The van der Waals surface area contributed by atoms with Crippen LogP contribution in [-0.2, 0) is 0 Å². The van der Waals surface area contributed by atoms with Gasteiger partial charge in [0.05, 0.1) is 17.3 Å².